The number of allylic oxidation sites excluding steroid dienone is 4. The molecule has 0 atom stereocenters. The zero-order chi connectivity index (χ0) is 16.0. The van der Waals surface area contributed by atoms with E-state index in [-0.39, 0.29) is 5.78 Å². The van der Waals surface area contributed by atoms with Crippen molar-refractivity contribution in [3.63, 3.8) is 0 Å². The van der Waals surface area contributed by atoms with Gasteiger partial charge in [0.2, 0.25) is 0 Å². The van der Waals surface area contributed by atoms with Gasteiger partial charge in [0.25, 0.3) is 0 Å². The number of halogens is 3. The summed E-state index contributed by atoms with van der Waals surface area (Å²) in [5.74, 6) is -0.0412. The molecule has 0 aliphatic rings. The topological polar surface area (TPSA) is 29.4 Å². The van der Waals surface area contributed by atoms with Crippen LogP contribution in [0.5, 0.6) is 0 Å². The van der Waals surface area contributed by atoms with Crippen molar-refractivity contribution in [2.75, 3.05) is 0 Å². The monoisotopic (exact) mass is 293 g/mol. The summed E-state index contributed by atoms with van der Waals surface area (Å²) < 4.78 is 36.4. The number of carbonyl (C=O) groups excluding carboxylic acids is 1. The van der Waals surface area contributed by atoms with E-state index >= 15 is 0 Å². The van der Waals surface area contributed by atoms with Gasteiger partial charge < -0.3 is 0 Å². The maximum Gasteiger partial charge on any atom is 0.432 e. The Bertz CT molecular complexity index is 607. The lowest BCUT2D eigenvalue weighted by Gasteiger charge is -2.03. The van der Waals surface area contributed by atoms with Gasteiger partial charge in [-0.25, -0.2) is 0 Å². The summed E-state index contributed by atoms with van der Waals surface area (Å²) >= 11 is 0. The molecule has 1 aromatic carbocycles. The first kappa shape index (κ1) is 16.6. The minimum atomic E-state index is -4.52. The highest BCUT2D eigenvalue weighted by Gasteiger charge is 2.31. The fourth-order valence-electron chi connectivity index (χ4n) is 1.38. The highest BCUT2D eigenvalue weighted by atomic mass is 19.4. The number of aliphatic imine (C=N–C) groups is 1. The molecule has 0 spiro atoms. The number of nitrogens with zero attached hydrogens (tertiary/aromatic N) is 1. The van der Waals surface area contributed by atoms with E-state index in [9.17, 15) is 18.0 Å². The highest BCUT2D eigenvalue weighted by molar-refractivity contribution is 5.94. The normalized spacial score (nSPS) is 12.0. The lowest BCUT2D eigenvalue weighted by Crippen LogP contribution is -2.08. The molecule has 2 nitrogen and oxygen atoms in total. The number of Topliss-reactive ketones (excluding diaryl/α,β-unsaturated/α-hetero) is 1. The Hall–Kier alpha value is -2.43. The molecule has 0 N–H and O–H groups in total. The molecule has 0 bridgehead atoms. The standard InChI is InChI=1S/C16H14F3NO/c1-11(5-4-10-20-13(3)16(17,18)19)14-6-8-15(9-7-14)12(2)21/h4-10H,1,3H2,2H3/b5-4-,20-10+. The number of ketones is 1. The zero-order valence-electron chi connectivity index (χ0n) is 11.4. The van der Waals surface area contributed by atoms with Gasteiger partial charge in [0.15, 0.2) is 5.78 Å². The van der Waals surface area contributed by atoms with Crippen LogP contribution in [0.15, 0.2) is 60.3 Å². The molecule has 1 aromatic rings. The first-order valence-electron chi connectivity index (χ1n) is 5.99. The van der Waals surface area contributed by atoms with Crippen LogP contribution in [-0.4, -0.2) is 18.2 Å². The van der Waals surface area contributed by atoms with E-state index in [4.69, 9.17) is 0 Å². The van der Waals surface area contributed by atoms with Gasteiger partial charge in [-0.05, 0) is 24.1 Å². The molecule has 21 heavy (non-hydrogen) atoms. The Morgan fingerprint density at radius 1 is 1.14 bits per heavy atom. The van der Waals surface area contributed by atoms with Crippen molar-refractivity contribution in [2.24, 2.45) is 4.99 Å². The van der Waals surface area contributed by atoms with Gasteiger partial charge in [0, 0.05) is 11.8 Å². The number of benzene rings is 1. The maximum atomic E-state index is 12.1. The molecule has 110 valence electrons. The van der Waals surface area contributed by atoms with E-state index in [1.54, 1.807) is 24.3 Å². The molecule has 1 rings (SSSR count). The van der Waals surface area contributed by atoms with E-state index in [1.165, 1.54) is 19.1 Å². The van der Waals surface area contributed by atoms with Crippen molar-refractivity contribution in [3.8, 4) is 0 Å². The molecule has 5 heteroatoms. The summed E-state index contributed by atoms with van der Waals surface area (Å²) in [6.45, 7) is 8.07. The highest BCUT2D eigenvalue weighted by Crippen LogP contribution is 2.24. The molecule has 0 aromatic heterocycles. The van der Waals surface area contributed by atoms with Crippen molar-refractivity contribution in [3.05, 3.63) is 66.4 Å². The predicted octanol–water partition coefficient (Wildman–Crippen LogP) is 4.61. The molecule has 0 saturated heterocycles. The fourth-order valence-corrected chi connectivity index (χ4v) is 1.38. The molecular weight excluding hydrogens is 279 g/mol. The minimum absolute atomic E-state index is 0.0412. The van der Waals surface area contributed by atoms with Crippen LogP contribution in [0.2, 0.25) is 0 Å². The average molecular weight is 293 g/mol. The maximum absolute atomic E-state index is 12.1. The molecule has 0 unspecified atom stereocenters. The quantitative estimate of drug-likeness (QED) is 0.443. The lowest BCUT2D eigenvalue weighted by atomic mass is 10.0. The first-order valence-corrected chi connectivity index (χ1v) is 5.99. The molecule has 0 fully saturated rings. The third-order valence-electron chi connectivity index (χ3n) is 2.60. The van der Waals surface area contributed by atoms with Crippen molar-refractivity contribution in [1.82, 2.24) is 0 Å². The molecule has 0 aliphatic carbocycles. The Balaban J connectivity index is 2.69. The lowest BCUT2D eigenvalue weighted by molar-refractivity contribution is -0.0918. The van der Waals surface area contributed by atoms with Gasteiger partial charge in [0.1, 0.15) is 5.70 Å². The van der Waals surface area contributed by atoms with Crippen LogP contribution in [0.25, 0.3) is 5.57 Å². The van der Waals surface area contributed by atoms with E-state index in [2.05, 4.69) is 18.2 Å². The summed E-state index contributed by atoms with van der Waals surface area (Å²) in [5, 5.41) is 0. The Kier molecular flexibility index (Phi) is 5.41. The minimum Gasteiger partial charge on any atom is -0.295 e. The van der Waals surface area contributed by atoms with Crippen LogP contribution >= 0.6 is 0 Å². The van der Waals surface area contributed by atoms with Crippen LogP contribution in [-0.2, 0) is 0 Å². The summed E-state index contributed by atoms with van der Waals surface area (Å²) in [6, 6.07) is 6.76. The number of carbonyl (C=O) groups is 1. The van der Waals surface area contributed by atoms with Gasteiger partial charge in [-0.15, -0.1) is 0 Å². The molecule has 0 amide bonds. The van der Waals surface area contributed by atoms with Crippen molar-refractivity contribution >= 4 is 17.6 Å². The second kappa shape index (κ2) is 6.83. The average Bonchev–Trinajstić information content (AvgIpc) is 2.42. The number of alkyl halides is 3. The zero-order valence-corrected chi connectivity index (χ0v) is 11.4. The molecule has 0 radical (unpaired) electrons. The van der Waals surface area contributed by atoms with Crippen LogP contribution in [0.3, 0.4) is 0 Å². The van der Waals surface area contributed by atoms with Crippen molar-refractivity contribution in [2.45, 2.75) is 13.1 Å². The van der Waals surface area contributed by atoms with Crippen LogP contribution < -0.4 is 0 Å². The Morgan fingerprint density at radius 3 is 2.14 bits per heavy atom. The smallest absolute Gasteiger partial charge is 0.295 e. The molecule has 0 saturated carbocycles. The molecule has 0 heterocycles. The fraction of sp³-hybridized carbons (Fsp3) is 0.125. The summed E-state index contributed by atoms with van der Waals surface area (Å²) in [7, 11) is 0. The molecule has 0 aliphatic heterocycles. The molecular formula is C16H14F3NO. The van der Waals surface area contributed by atoms with Gasteiger partial charge in [-0.3, -0.25) is 9.79 Å². The predicted molar refractivity (Wildman–Crippen MR) is 78.3 cm³/mol. The van der Waals surface area contributed by atoms with Crippen molar-refractivity contribution < 1.29 is 18.0 Å². The number of hydrogen-bond donors (Lipinski definition) is 0. The Morgan fingerprint density at radius 2 is 1.67 bits per heavy atom. The third-order valence-corrected chi connectivity index (χ3v) is 2.60. The third kappa shape index (κ3) is 5.22. The van der Waals surface area contributed by atoms with Crippen LogP contribution in [0.1, 0.15) is 22.8 Å². The van der Waals surface area contributed by atoms with Crippen molar-refractivity contribution in [1.29, 1.82) is 0 Å². The van der Waals surface area contributed by atoms with E-state index in [1.807, 2.05) is 0 Å². The largest absolute Gasteiger partial charge is 0.432 e. The Labute approximate surface area is 121 Å². The second-order valence-electron chi connectivity index (χ2n) is 4.24. The summed E-state index contributed by atoms with van der Waals surface area (Å²) in [4.78, 5) is 14.3. The first-order chi connectivity index (χ1) is 9.71. The number of rotatable bonds is 5. The summed E-state index contributed by atoms with van der Waals surface area (Å²) in [5.41, 5.74) is 0.774. The van der Waals surface area contributed by atoms with E-state index < -0.39 is 11.9 Å². The van der Waals surface area contributed by atoms with Gasteiger partial charge in [0.05, 0.1) is 0 Å². The second-order valence-corrected chi connectivity index (χ2v) is 4.24. The SMILES string of the molecule is C=C(/C=C\C=N\C(=C)C(F)(F)F)c1ccc(C(C)=O)cc1. The van der Waals surface area contributed by atoms with Gasteiger partial charge >= 0.3 is 6.18 Å². The van der Waals surface area contributed by atoms with Gasteiger partial charge in [-0.2, -0.15) is 13.2 Å². The summed E-state index contributed by atoms with van der Waals surface area (Å²) in [6.07, 6.45) is -0.650. The van der Waals surface area contributed by atoms with E-state index in [0.717, 1.165) is 11.8 Å². The van der Waals surface area contributed by atoms with Gasteiger partial charge in [-0.1, -0.05) is 43.5 Å². The van der Waals surface area contributed by atoms with Crippen LogP contribution in [0.4, 0.5) is 13.2 Å². The van der Waals surface area contributed by atoms with E-state index in [0.29, 0.717) is 11.1 Å². The number of hydrogen-bond acceptors (Lipinski definition) is 2. The van der Waals surface area contributed by atoms with Crippen LogP contribution in [0, 0.1) is 0 Å².